The number of fused-ring (bicyclic) bond motifs is 3. The number of hydrogen-bond donors (Lipinski definition) is 0. The summed E-state index contributed by atoms with van der Waals surface area (Å²) in [6.07, 6.45) is 7.94. The van der Waals surface area contributed by atoms with Gasteiger partial charge >= 0.3 is 5.97 Å². The third-order valence-electron chi connectivity index (χ3n) is 7.21. The highest BCUT2D eigenvalue weighted by Crippen LogP contribution is 2.65. The van der Waals surface area contributed by atoms with Gasteiger partial charge in [0.1, 0.15) is 11.9 Å². The quantitative estimate of drug-likeness (QED) is 0.530. The molecule has 0 saturated heterocycles. The molecular weight excluding hydrogens is 288 g/mol. The van der Waals surface area contributed by atoms with Crippen molar-refractivity contribution >= 4 is 11.8 Å². The standard InChI is InChI=1S/C20H30O3/c1-13(21)23-17-8-6-7-15-19(4)12-10-16(22)18(2,3)14(19)9-11-20(15,17)5/h7,14,17H,6,8-12H2,1-5H3. The largest absolute Gasteiger partial charge is 0.462 e. The number of allylic oxidation sites excluding steroid dienone is 1. The summed E-state index contributed by atoms with van der Waals surface area (Å²) in [5, 5.41) is 0. The molecule has 0 N–H and O–H groups in total. The second-order valence-electron chi connectivity index (χ2n) is 8.86. The fourth-order valence-electron chi connectivity index (χ4n) is 5.98. The average Bonchev–Trinajstić information content (AvgIpc) is 2.44. The molecule has 3 rings (SSSR count). The van der Waals surface area contributed by atoms with Crippen LogP contribution in [0.5, 0.6) is 0 Å². The van der Waals surface area contributed by atoms with Crippen molar-refractivity contribution in [2.24, 2.45) is 22.2 Å². The van der Waals surface area contributed by atoms with Crippen LogP contribution in [0.4, 0.5) is 0 Å². The molecule has 0 heterocycles. The molecule has 3 heteroatoms. The number of hydrogen-bond acceptors (Lipinski definition) is 3. The van der Waals surface area contributed by atoms with Crippen LogP contribution in [0.3, 0.4) is 0 Å². The van der Waals surface area contributed by atoms with Gasteiger partial charge in [-0.05, 0) is 43.4 Å². The Hall–Kier alpha value is -1.12. The summed E-state index contributed by atoms with van der Waals surface area (Å²) < 4.78 is 5.71. The monoisotopic (exact) mass is 318 g/mol. The van der Waals surface area contributed by atoms with E-state index in [9.17, 15) is 9.59 Å². The lowest BCUT2D eigenvalue weighted by molar-refractivity contribution is -0.158. The van der Waals surface area contributed by atoms with Gasteiger partial charge in [-0.1, -0.05) is 39.3 Å². The predicted octanol–water partition coefficient (Wildman–Crippen LogP) is 4.45. The minimum atomic E-state index is -0.246. The van der Waals surface area contributed by atoms with E-state index in [-0.39, 0.29) is 28.3 Å². The smallest absolute Gasteiger partial charge is 0.302 e. The van der Waals surface area contributed by atoms with Gasteiger partial charge in [0.15, 0.2) is 0 Å². The van der Waals surface area contributed by atoms with E-state index in [1.807, 2.05) is 0 Å². The van der Waals surface area contributed by atoms with Crippen molar-refractivity contribution in [3.8, 4) is 0 Å². The van der Waals surface area contributed by atoms with Crippen molar-refractivity contribution in [2.75, 3.05) is 0 Å². The zero-order valence-electron chi connectivity index (χ0n) is 15.2. The third-order valence-corrected chi connectivity index (χ3v) is 7.21. The Morgan fingerprint density at radius 2 is 1.83 bits per heavy atom. The van der Waals surface area contributed by atoms with Crippen molar-refractivity contribution in [1.82, 2.24) is 0 Å². The average molecular weight is 318 g/mol. The first-order valence-corrected chi connectivity index (χ1v) is 9.04. The molecule has 0 radical (unpaired) electrons. The van der Waals surface area contributed by atoms with Gasteiger partial charge in [-0.2, -0.15) is 0 Å². The van der Waals surface area contributed by atoms with Gasteiger partial charge in [0.25, 0.3) is 0 Å². The van der Waals surface area contributed by atoms with E-state index in [0.717, 1.165) is 32.1 Å². The molecule has 23 heavy (non-hydrogen) atoms. The molecule has 3 nitrogen and oxygen atoms in total. The molecule has 0 aromatic carbocycles. The Labute approximate surface area is 139 Å². The fourth-order valence-corrected chi connectivity index (χ4v) is 5.98. The van der Waals surface area contributed by atoms with Crippen LogP contribution in [0.2, 0.25) is 0 Å². The molecule has 0 aromatic rings. The van der Waals surface area contributed by atoms with Crippen LogP contribution in [-0.4, -0.2) is 17.9 Å². The second-order valence-corrected chi connectivity index (χ2v) is 8.86. The number of carbonyl (C=O) groups is 2. The summed E-state index contributed by atoms with van der Waals surface area (Å²) in [6, 6.07) is 0. The van der Waals surface area contributed by atoms with E-state index in [0.29, 0.717) is 18.1 Å². The Morgan fingerprint density at radius 3 is 2.48 bits per heavy atom. The maximum absolute atomic E-state index is 12.5. The molecule has 2 saturated carbocycles. The van der Waals surface area contributed by atoms with Crippen LogP contribution in [0.15, 0.2) is 11.6 Å². The first-order valence-electron chi connectivity index (χ1n) is 9.04. The van der Waals surface area contributed by atoms with E-state index in [1.165, 1.54) is 12.5 Å². The van der Waals surface area contributed by atoms with E-state index < -0.39 is 0 Å². The molecule has 4 atom stereocenters. The predicted molar refractivity (Wildman–Crippen MR) is 89.8 cm³/mol. The summed E-state index contributed by atoms with van der Waals surface area (Å²) >= 11 is 0. The molecule has 128 valence electrons. The number of carbonyl (C=O) groups excluding carboxylic acids is 2. The number of rotatable bonds is 1. The van der Waals surface area contributed by atoms with Crippen LogP contribution in [-0.2, 0) is 14.3 Å². The van der Waals surface area contributed by atoms with Crippen LogP contribution >= 0.6 is 0 Å². The summed E-state index contributed by atoms with van der Waals surface area (Å²) in [5.41, 5.74) is 1.21. The van der Waals surface area contributed by atoms with Crippen LogP contribution in [0.25, 0.3) is 0 Å². The summed E-state index contributed by atoms with van der Waals surface area (Å²) in [4.78, 5) is 24.0. The lowest BCUT2D eigenvalue weighted by Crippen LogP contribution is -2.57. The van der Waals surface area contributed by atoms with E-state index >= 15 is 0 Å². The topological polar surface area (TPSA) is 43.4 Å². The molecule has 0 spiro atoms. The summed E-state index contributed by atoms with van der Waals surface area (Å²) in [5.74, 6) is 0.632. The Bertz CT molecular complexity index is 573. The molecule has 2 fully saturated rings. The maximum Gasteiger partial charge on any atom is 0.302 e. The van der Waals surface area contributed by atoms with Crippen LogP contribution in [0, 0.1) is 22.2 Å². The SMILES string of the molecule is CC(=O)OC1CCC=C2C1(C)CCC1C(C)(C)C(=O)CCC21C. The zero-order valence-corrected chi connectivity index (χ0v) is 15.2. The molecule has 3 aliphatic rings. The van der Waals surface area contributed by atoms with Gasteiger partial charge in [-0.3, -0.25) is 9.59 Å². The van der Waals surface area contributed by atoms with E-state index in [1.54, 1.807) is 0 Å². The van der Waals surface area contributed by atoms with E-state index in [2.05, 4.69) is 33.8 Å². The number of ketones is 1. The highest BCUT2D eigenvalue weighted by molar-refractivity contribution is 5.85. The van der Waals surface area contributed by atoms with Crippen molar-refractivity contribution in [3.63, 3.8) is 0 Å². The van der Waals surface area contributed by atoms with Gasteiger partial charge in [-0.25, -0.2) is 0 Å². The number of esters is 1. The summed E-state index contributed by atoms with van der Waals surface area (Å²) in [7, 11) is 0. The van der Waals surface area contributed by atoms with Crippen LogP contribution in [0.1, 0.15) is 73.1 Å². The number of Topliss-reactive ketones (excluding diaryl/α,β-unsaturated/α-hetero) is 1. The van der Waals surface area contributed by atoms with Crippen molar-refractivity contribution in [2.45, 2.75) is 79.2 Å². The second kappa shape index (κ2) is 5.19. The Balaban J connectivity index is 2.02. The highest BCUT2D eigenvalue weighted by atomic mass is 16.5. The van der Waals surface area contributed by atoms with Gasteiger partial charge in [0.05, 0.1) is 0 Å². The third kappa shape index (κ3) is 2.30. The van der Waals surface area contributed by atoms with Crippen molar-refractivity contribution in [1.29, 1.82) is 0 Å². The van der Waals surface area contributed by atoms with Crippen molar-refractivity contribution < 1.29 is 14.3 Å². The lowest BCUT2D eigenvalue weighted by Gasteiger charge is -2.61. The Morgan fingerprint density at radius 1 is 1.13 bits per heavy atom. The molecular formula is C20H30O3. The minimum absolute atomic E-state index is 0.0153. The highest BCUT2D eigenvalue weighted by Gasteiger charge is 2.60. The zero-order chi connectivity index (χ0) is 17.0. The molecule has 0 aromatic heterocycles. The van der Waals surface area contributed by atoms with E-state index in [4.69, 9.17) is 4.74 Å². The molecule has 4 unspecified atom stereocenters. The lowest BCUT2D eigenvalue weighted by atomic mass is 9.43. The van der Waals surface area contributed by atoms with Gasteiger partial charge < -0.3 is 4.74 Å². The minimum Gasteiger partial charge on any atom is -0.462 e. The molecule has 0 aliphatic heterocycles. The van der Waals surface area contributed by atoms with Crippen molar-refractivity contribution in [3.05, 3.63) is 11.6 Å². The first kappa shape index (κ1) is 16.7. The molecule has 3 aliphatic carbocycles. The van der Waals surface area contributed by atoms with Gasteiger partial charge in [0, 0.05) is 24.2 Å². The fraction of sp³-hybridized carbons (Fsp3) is 0.800. The summed E-state index contributed by atoms with van der Waals surface area (Å²) in [6.45, 7) is 10.4. The number of ether oxygens (including phenoxy) is 1. The van der Waals surface area contributed by atoms with Crippen LogP contribution < -0.4 is 0 Å². The Kier molecular flexibility index (Phi) is 3.77. The van der Waals surface area contributed by atoms with Gasteiger partial charge in [0.2, 0.25) is 0 Å². The maximum atomic E-state index is 12.5. The molecule has 0 bridgehead atoms. The van der Waals surface area contributed by atoms with Gasteiger partial charge in [-0.15, -0.1) is 0 Å². The molecule has 0 amide bonds. The first-order chi connectivity index (χ1) is 10.6. The normalized spacial score (nSPS) is 42.3.